The predicted molar refractivity (Wildman–Crippen MR) is 112 cm³/mol. The van der Waals surface area contributed by atoms with Gasteiger partial charge in [0.05, 0.1) is 4.90 Å². The lowest BCUT2D eigenvalue weighted by Crippen LogP contribution is -2.49. The summed E-state index contributed by atoms with van der Waals surface area (Å²) in [4.78, 5) is 15.6. The smallest absolute Gasteiger partial charge is 0.243 e. The van der Waals surface area contributed by atoms with Crippen molar-refractivity contribution in [3.8, 4) is 0 Å². The van der Waals surface area contributed by atoms with Gasteiger partial charge in [0.15, 0.2) is 0 Å². The zero-order valence-corrected chi connectivity index (χ0v) is 18.5. The molecule has 1 aliphatic heterocycles. The molecule has 1 saturated heterocycles. The molecule has 1 saturated carbocycles. The molecule has 2 fully saturated rings. The third-order valence-corrected chi connectivity index (χ3v) is 8.34. The summed E-state index contributed by atoms with van der Waals surface area (Å²) in [6, 6.07) is 5.87. The molecule has 0 radical (unpaired) electrons. The Morgan fingerprint density at radius 1 is 1.04 bits per heavy atom. The van der Waals surface area contributed by atoms with E-state index in [1.54, 1.807) is 16.4 Å². The summed E-state index contributed by atoms with van der Waals surface area (Å²) in [7, 11) is -3.49. The van der Waals surface area contributed by atoms with Gasteiger partial charge in [0.2, 0.25) is 15.9 Å². The molecule has 1 aromatic rings. The predicted octanol–water partition coefficient (Wildman–Crippen LogP) is 3.88. The quantitative estimate of drug-likeness (QED) is 0.745. The molecule has 1 aliphatic carbocycles. The van der Waals surface area contributed by atoms with Gasteiger partial charge >= 0.3 is 0 Å². The number of hydrogen-bond acceptors (Lipinski definition) is 3. The Hall–Kier alpha value is -1.40. The van der Waals surface area contributed by atoms with Crippen molar-refractivity contribution in [2.24, 2.45) is 5.92 Å². The van der Waals surface area contributed by atoms with Crippen LogP contribution in [0.5, 0.6) is 0 Å². The fourth-order valence-electron chi connectivity index (χ4n) is 4.62. The maximum Gasteiger partial charge on any atom is 0.243 e. The van der Waals surface area contributed by atoms with E-state index in [2.05, 4.69) is 18.7 Å². The Labute approximate surface area is 170 Å². The van der Waals surface area contributed by atoms with E-state index in [9.17, 15) is 13.2 Å². The summed E-state index contributed by atoms with van der Waals surface area (Å²) in [5, 5.41) is 0. The minimum atomic E-state index is -3.49. The van der Waals surface area contributed by atoms with E-state index in [0.29, 0.717) is 36.9 Å². The zero-order chi connectivity index (χ0) is 20.5. The van der Waals surface area contributed by atoms with E-state index < -0.39 is 10.0 Å². The highest BCUT2D eigenvalue weighted by molar-refractivity contribution is 7.89. The topological polar surface area (TPSA) is 57.7 Å². The number of carbonyl (C=O) groups is 1. The first kappa shape index (κ1) is 21.3. The monoisotopic (exact) mass is 406 g/mol. The van der Waals surface area contributed by atoms with Crippen molar-refractivity contribution in [2.45, 2.75) is 83.2 Å². The molecule has 0 unspecified atom stereocenters. The van der Waals surface area contributed by atoms with Gasteiger partial charge in [-0.3, -0.25) is 4.79 Å². The van der Waals surface area contributed by atoms with E-state index in [-0.39, 0.29) is 17.9 Å². The molecule has 0 spiro atoms. The Bertz CT molecular complexity index is 805. The standard InChI is InChI=1S/C22H34N2O3S/c1-16(2)24(20-7-5-6-8-20)22(25)19-11-13-23(14-12-19)28(26,27)21-10-9-17(3)18(4)15-21/h9-10,15-16,19-20H,5-8,11-14H2,1-4H3. The van der Waals surface area contributed by atoms with Crippen LogP contribution >= 0.6 is 0 Å². The van der Waals surface area contributed by atoms with E-state index in [4.69, 9.17) is 0 Å². The second kappa shape index (κ2) is 8.54. The number of piperidine rings is 1. The summed E-state index contributed by atoms with van der Waals surface area (Å²) >= 11 is 0. The van der Waals surface area contributed by atoms with Crippen LogP contribution in [0.3, 0.4) is 0 Å². The van der Waals surface area contributed by atoms with Crippen LogP contribution in [-0.2, 0) is 14.8 Å². The van der Waals surface area contributed by atoms with Crippen molar-refractivity contribution in [3.63, 3.8) is 0 Å². The molecule has 0 N–H and O–H groups in total. The molecule has 5 nitrogen and oxygen atoms in total. The highest BCUT2D eigenvalue weighted by Crippen LogP contribution is 2.30. The molecule has 3 rings (SSSR count). The van der Waals surface area contributed by atoms with Crippen molar-refractivity contribution >= 4 is 15.9 Å². The molecule has 2 aliphatic rings. The third-order valence-electron chi connectivity index (χ3n) is 6.45. The van der Waals surface area contributed by atoms with Crippen LogP contribution in [0.2, 0.25) is 0 Å². The van der Waals surface area contributed by atoms with Crippen LogP contribution in [0.1, 0.15) is 63.5 Å². The molecule has 0 bridgehead atoms. The van der Waals surface area contributed by atoms with Gasteiger partial charge < -0.3 is 4.90 Å². The van der Waals surface area contributed by atoms with Gasteiger partial charge in [-0.2, -0.15) is 4.31 Å². The minimum absolute atomic E-state index is 0.0609. The van der Waals surface area contributed by atoms with Crippen LogP contribution in [0.4, 0.5) is 0 Å². The molecular formula is C22H34N2O3S. The Kier molecular flexibility index (Phi) is 6.50. The van der Waals surface area contributed by atoms with Gasteiger partial charge in [-0.05, 0) is 76.6 Å². The second-order valence-electron chi connectivity index (χ2n) is 8.70. The Balaban J connectivity index is 1.67. The lowest BCUT2D eigenvalue weighted by Gasteiger charge is -2.38. The number of hydrogen-bond donors (Lipinski definition) is 0. The summed E-state index contributed by atoms with van der Waals surface area (Å²) < 4.78 is 27.6. The molecule has 1 aromatic carbocycles. The SMILES string of the molecule is Cc1ccc(S(=O)(=O)N2CCC(C(=O)N(C(C)C)C3CCCC3)CC2)cc1C. The van der Waals surface area contributed by atoms with Gasteiger partial charge in [0.1, 0.15) is 0 Å². The van der Waals surface area contributed by atoms with Crippen LogP contribution < -0.4 is 0 Å². The van der Waals surface area contributed by atoms with Crippen LogP contribution in [0, 0.1) is 19.8 Å². The highest BCUT2D eigenvalue weighted by atomic mass is 32.2. The molecule has 1 heterocycles. The van der Waals surface area contributed by atoms with Gasteiger partial charge in [-0.25, -0.2) is 8.42 Å². The van der Waals surface area contributed by atoms with Crippen molar-refractivity contribution in [1.82, 2.24) is 9.21 Å². The van der Waals surface area contributed by atoms with E-state index in [1.165, 1.54) is 12.8 Å². The van der Waals surface area contributed by atoms with Crippen LogP contribution in [-0.4, -0.2) is 48.7 Å². The number of rotatable bonds is 5. The fourth-order valence-corrected chi connectivity index (χ4v) is 6.17. The normalized spacial score (nSPS) is 20.0. The van der Waals surface area contributed by atoms with Crippen LogP contribution in [0.25, 0.3) is 0 Å². The Morgan fingerprint density at radius 3 is 2.18 bits per heavy atom. The average molecular weight is 407 g/mol. The van der Waals surface area contributed by atoms with Gasteiger partial charge in [-0.1, -0.05) is 18.9 Å². The van der Waals surface area contributed by atoms with Crippen molar-refractivity contribution in [2.75, 3.05) is 13.1 Å². The maximum atomic E-state index is 13.2. The summed E-state index contributed by atoms with van der Waals surface area (Å²) in [5.74, 6) is 0.166. The second-order valence-corrected chi connectivity index (χ2v) is 10.6. The molecule has 0 aromatic heterocycles. The largest absolute Gasteiger partial charge is 0.337 e. The van der Waals surface area contributed by atoms with Crippen molar-refractivity contribution in [3.05, 3.63) is 29.3 Å². The summed E-state index contributed by atoms with van der Waals surface area (Å²) in [5.41, 5.74) is 2.07. The molecule has 6 heteroatoms. The number of benzene rings is 1. The minimum Gasteiger partial charge on any atom is -0.337 e. The first-order valence-corrected chi connectivity index (χ1v) is 12.1. The van der Waals surface area contributed by atoms with Crippen molar-refractivity contribution in [1.29, 1.82) is 0 Å². The van der Waals surface area contributed by atoms with E-state index in [1.807, 2.05) is 19.9 Å². The maximum absolute atomic E-state index is 13.2. The van der Waals surface area contributed by atoms with Crippen molar-refractivity contribution < 1.29 is 13.2 Å². The number of carbonyl (C=O) groups excluding carboxylic acids is 1. The lowest BCUT2D eigenvalue weighted by molar-refractivity contribution is -0.141. The van der Waals surface area contributed by atoms with Gasteiger partial charge in [0, 0.05) is 31.1 Å². The first-order valence-electron chi connectivity index (χ1n) is 10.6. The fraction of sp³-hybridized carbons (Fsp3) is 0.682. The first-order chi connectivity index (χ1) is 13.2. The van der Waals surface area contributed by atoms with E-state index >= 15 is 0 Å². The lowest BCUT2D eigenvalue weighted by atomic mass is 9.95. The molecular weight excluding hydrogens is 372 g/mol. The summed E-state index contributed by atoms with van der Waals surface area (Å²) in [6.45, 7) is 8.94. The van der Waals surface area contributed by atoms with Gasteiger partial charge in [0.25, 0.3) is 0 Å². The molecule has 28 heavy (non-hydrogen) atoms. The number of sulfonamides is 1. The molecule has 1 amide bonds. The molecule has 156 valence electrons. The van der Waals surface area contributed by atoms with E-state index in [0.717, 1.165) is 24.0 Å². The molecule has 0 atom stereocenters. The number of nitrogens with zero attached hydrogens (tertiary/aromatic N) is 2. The Morgan fingerprint density at radius 2 is 1.64 bits per heavy atom. The zero-order valence-electron chi connectivity index (χ0n) is 17.6. The number of aryl methyl sites for hydroxylation is 2. The van der Waals surface area contributed by atoms with Gasteiger partial charge in [-0.15, -0.1) is 0 Å². The number of amides is 1. The average Bonchev–Trinajstić information content (AvgIpc) is 3.17. The van der Waals surface area contributed by atoms with Crippen LogP contribution in [0.15, 0.2) is 23.1 Å². The summed E-state index contributed by atoms with van der Waals surface area (Å²) in [6.07, 6.45) is 5.83. The highest BCUT2D eigenvalue weighted by Gasteiger charge is 2.37. The third kappa shape index (κ3) is 4.28.